The number of pyridine rings is 2. The minimum absolute atomic E-state index is 0.181. The van der Waals surface area contributed by atoms with Crippen LogP contribution in [-0.2, 0) is 13.2 Å². The van der Waals surface area contributed by atoms with Gasteiger partial charge in [-0.15, -0.1) is 0 Å². The molecule has 0 unspecified atom stereocenters. The highest BCUT2D eigenvalue weighted by Gasteiger charge is 2.31. The van der Waals surface area contributed by atoms with Gasteiger partial charge in [-0.2, -0.15) is 13.2 Å². The van der Waals surface area contributed by atoms with Crippen LogP contribution in [0.25, 0.3) is 28.3 Å². The van der Waals surface area contributed by atoms with E-state index in [4.69, 9.17) is 0 Å². The van der Waals surface area contributed by atoms with E-state index in [9.17, 15) is 13.2 Å². The monoisotopic (exact) mass is 395 g/mol. The summed E-state index contributed by atoms with van der Waals surface area (Å²) in [6.07, 6.45) is -0.0327. The van der Waals surface area contributed by atoms with Crippen molar-refractivity contribution in [2.45, 2.75) is 6.18 Å². The van der Waals surface area contributed by atoms with Gasteiger partial charge in [0.25, 0.3) is 0 Å². The fraction of sp³-hybridized carbons (Fsp3) is 0.133. The van der Waals surface area contributed by atoms with Crippen LogP contribution >= 0.6 is 15.9 Å². The standard InChI is InChI=1S/C15H9BrF3N5/c1-23-13-10(4-8(6-20-13)15(17,18)19)22-14(23)11-7-24-3-2-9(16)5-12(24)21-11/h2-7H,1H3. The number of alkyl halides is 3. The minimum atomic E-state index is -4.45. The van der Waals surface area contributed by atoms with Crippen LogP contribution in [0.15, 0.2) is 41.3 Å². The fourth-order valence-corrected chi connectivity index (χ4v) is 2.85. The molecule has 0 atom stereocenters. The molecule has 9 heteroatoms. The number of nitrogens with zero attached hydrogens (tertiary/aromatic N) is 5. The second-order valence-electron chi connectivity index (χ2n) is 5.30. The molecule has 0 aliphatic heterocycles. The highest BCUT2D eigenvalue weighted by molar-refractivity contribution is 9.10. The van der Waals surface area contributed by atoms with Crippen LogP contribution < -0.4 is 0 Å². The highest BCUT2D eigenvalue weighted by Crippen LogP contribution is 2.31. The topological polar surface area (TPSA) is 48.0 Å². The van der Waals surface area contributed by atoms with Crippen LogP contribution in [0.1, 0.15) is 5.56 Å². The van der Waals surface area contributed by atoms with Crippen LogP contribution in [0.3, 0.4) is 0 Å². The summed E-state index contributed by atoms with van der Waals surface area (Å²) >= 11 is 3.38. The molecular formula is C15H9BrF3N5. The molecule has 4 heterocycles. The summed E-state index contributed by atoms with van der Waals surface area (Å²) in [6, 6.07) is 4.70. The van der Waals surface area contributed by atoms with Gasteiger partial charge in [-0.3, -0.25) is 0 Å². The Kier molecular flexibility index (Phi) is 3.17. The molecular weight excluding hydrogens is 387 g/mol. The third-order valence-corrected chi connectivity index (χ3v) is 4.18. The van der Waals surface area contributed by atoms with Gasteiger partial charge in [-0.1, -0.05) is 15.9 Å². The highest BCUT2D eigenvalue weighted by atomic mass is 79.9. The molecule has 0 N–H and O–H groups in total. The summed E-state index contributed by atoms with van der Waals surface area (Å²) in [5, 5.41) is 0. The van der Waals surface area contributed by atoms with Gasteiger partial charge in [-0.05, 0) is 18.2 Å². The molecule has 0 aromatic carbocycles. The average molecular weight is 396 g/mol. The summed E-state index contributed by atoms with van der Waals surface area (Å²) in [5.41, 5.74) is 0.993. The number of aryl methyl sites for hydroxylation is 1. The average Bonchev–Trinajstić information content (AvgIpc) is 3.07. The normalized spacial score (nSPS) is 12.4. The first-order valence-electron chi connectivity index (χ1n) is 6.87. The van der Waals surface area contributed by atoms with E-state index in [1.54, 1.807) is 17.8 Å². The first-order chi connectivity index (χ1) is 11.3. The summed E-state index contributed by atoms with van der Waals surface area (Å²) in [7, 11) is 1.70. The lowest BCUT2D eigenvalue weighted by Crippen LogP contribution is -2.05. The third-order valence-electron chi connectivity index (χ3n) is 3.69. The van der Waals surface area contributed by atoms with Crippen LogP contribution in [0.2, 0.25) is 0 Å². The Morgan fingerprint density at radius 2 is 1.96 bits per heavy atom. The zero-order chi connectivity index (χ0) is 17.1. The van der Waals surface area contributed by atoms with Crippen molar-refractivity contribution in [3.8, 4) is 11.5 Å². The van der Waals surface area contributed by atoms with Gasteiger partial charge < -0.3 is 8.97 Å². The smallest absolute Gasteiger partial charge is 0.310 e. The van der Waals surface area contributed by atoms with Gasteiger partial charge in [0, 0.05) is 30.1 Å². The number of hydrogen-bond donors (Lipinski definition) is 0. The Bertz CT molecular complexity index is 1080. The molecule has 0 aliphatic rings. The van der Waals surface area contributed by atoms with E-state index in [1.165, 1.54) is 0 Å². The van der Waals surface area contributed by atoms with Crippen molar-refractivity contribution in [2.75, 3.05) is 0 Å². The number of imidazole rings is 2. The van der Waals surface area contributed by atoms with Crippen molar-refractivity contribution in [1.29, 1.82) is 0 Å². The van der Waals surface area contributed by atoms with Crippen molar-refractivity contribution in [1.82, 2.24) is 23.9 Å². The summed E-state index contributed by atoms with van der Waals surface area (Å²) in [6.45, 7) is 0. The predicted molar refractivity (Wildman–Crippen MR) is 85.4 cm³/mol. The summed E-state index contributed by atoms with van der Waals surface area (Å²) in [5.74, 6) is 0.455. The number of rotatable bonds is 1. The van der Waals surface area contributed by atoms with E-state index in [0.717, 1.165) is 16.7 Å². The van der Waals surface area contributed by atoms with E-state index in [0.29, 0.717) is 22.8 Å². The molecule has 0 spiro atoms. The molecule has 0 bridgehead atoms. The summed E-state index contributed by atoms with van der Waals surface area (Å²) in [4.78, 5) is 12.7. The van der Waals surface area contributed by atoms with Crippen molar-refractivity contribution in [3.63, 3.8) is 0 Å². The Labute approximate surface area is 141 Å². The third kappa shape index (κ3) is 2.35. The van der Waals surface area contributed by atoms with Crippen molar-refractivity contribution >= 4 is 32.7 Å². The maximum atomic E-state index is 12.8. The van der Waals surface area contributed by atoms with Crippen LogP contribution in [0.4, 0.5) is 13.2 Å². The Morgan fingerprint density at radius 1 is 1.17 bits per heavy atom. The first-order valence-corrected chi connectivity index (χ1v) is 7.66. The van der Waals surface area contributed by atoms with Gasteiger partial charge >= 0.3 is 6.18 Å². The molecule has 0 radical (unpaired) electrons. The molecule has 5 nitrogen and oxygen atoms in total. The number of hydrogen-bond acceptors (Lipinski definition) is 3. The minimum Gasteiger partial charge on any atom is -0.310 e. The maximum absolute atomic E-state index is 12.8. The molecule has 4 rings (SSSR count). The van der Waals surface area contributed by atoms with Crippen LogP contribution in [0.5, 0.6) is 0 Å². The quantitative estimate of drug-likeness (QED) is 0.488. The molecule has 4 aromatic heterocycles. The maximum Gasteiger partial charge on any atom is 0.417 e. The zero-order valence-electron chi connectivity index (χ0n) is 12.2. The number of fused-ring (bicyclic) bond motifs is 2. The number of aromatic nitrogens is 5. The van der Waals surface area contributed by atoms with Gasteiger partial charge in [0.1, 0.15) is 16.9 Å². The molecule has 24 heavy (non-hydrogen) atoms. The largest absolute Gasteiger partial charge is 0.417 e. The van der Waals surface area contributed by atoms with E-state index >= 15 is 0 Å². The second-order valence-corrected chi connectivity index (χ2v) is 6.21. The van der Waals surface area contributed by atoms with E-state index in [1.807, 2.05) is 22.7 Å². The Balaban J connectivity index is 1.90. The molecule has 0 aliphatic carbocycles. The van der Waals surface area contributed by atoms with Crippen LogP contribution in [-0.4, -0.2) is 23.9 Å². The molecule has 0 fully saturated rings. The summed E-state index contributed by atoms with van der Waals surface area (Å²) < 4.78 is 42.8. The molecule has 4 aromatic rings. The van der Waals surface area contributed by atoms with Gasteiger partial charge in [0.15, 0.2) is 11.5 Å². The van der Waals surface area contributed by atoms with Crippen LogP contribution in [0, 0.1) is 0 Å². The molecule has 0 saturated carbocycles. The van der Waals surface area contributed by atoms with Crippen molar-refractivity contribution in [3.05, 3.63) is 46.8 Å². The lowest BCUT2D eigenvalue weighted by Gasteiger charge is -2.05. The predicted octanol–water partition coefficient (Wildman–Crippen LogP) is 4.06. The van der Waals surface area contributed by atoms with E-state index < -0.39 is 11.7 Å². The molecule has 0 amide bonds. The molecule has 122 valence electrons. The van der Waals surface area contributed by atoms with Gasteiger partial charge in [0.05, 0.1) is 5.56 Å². The Morgan fingerprint density at radius 3 is 2.71 bits per heavy atom. The SMILES string of the molecule is Cn1c(-c2cn3ccc(Br)cc3n2)nc2cc(C(F)(F)F)cnc21. The lowest BCUT2D eigenvalue weighted by molar-refractivity contribution is -0.137. The Hall–Kier alpha value is -2.42. The molecule has 0 saturated heterocycles. The van der Waals surface area contributed by atoms with E-state index in [2.05, 4.69) is 30.9 Å². The van der Waals surface area contributed by atoms with Crippen molar-refractivity contribution in [2.24, 2.45) is 7.05 Å². The van der Waals surface area contributed by atoms with Crippen molar-refractivity contribution < 1.29 is 13.2 Å². The zero-order valence-corrected chi connectivity index (χ0v) is 13.8. The first kappa shape index (κ1) is 15.1. The van der Waals surface area contributed by atoms with Gasteiger partial charge in [0.2, 0.25) is 0 Å². The lowest BCUT2D eigenvalue weighted by atomic mass is 10.2. The number of halogens is 4. The second kappa shape index (κ2) is 5.04. The van der Waals surface area contributed by atoms with Gasteiger partial charge in [-0.25, -0.2) is 15.0 Å². The van der Waals surface area contributed by atoms with E-state index in [-0.39, 0.29) is 5.52 Å². The fourth-order valence-electron chi connectivity index (χ4n) is 2.52.